The molecule has 1 fully saturated rings. The van der Waals surface area contributed by atoms with Crippen LogP contribution in [0.1, 0.15) is 0 Å². The molecule has 0 bridgehead atoms. The first-order valence-electron chi connectivity index (χ1n) is 10.4. The Kier molecular flexibility index (Phi) is 6.93. The number of hydrogen-bond acceptors (Lipinski definition) is 15. The predicted octanol–water partition coefficient (Wildman–Crippen LogP) is -1.27. The van der Waals surface area contributed by atoms with Gasteiger partial charge in [0.2, 0.25) is 23.2 Å². The number of rotatable bonds is 6. The SMILES string of the molecule is O=C(O)[C@H]1O[C@@H](Oc2cc(O)c3c(=O)c(OS(=O)(=O)O)c(-c4ccc(O)c(O)c4)oc3c2O)[C@H](O)[C@@H](O)[C@@H]1O. The predicted molar refractivity (Wildman–Crippen MR) is 122 cm³/mol. The molecule has 4 rings (SSSR count). The number of ether oxygens (including phenoxy) is 2. The molecule has 18 heteroatoms. The molecule has 0 amide bonds. The smallest absolute Gasteiger partial charge is 0.446 e. The van der Waals surface area contributed by atoms with Crippen LogP contribution in [0.25, 0.3) is 22.3 Å². The van der Waals surface area contributed by atoms with Crippen molar-refractivity contribution in [3.05, 3.63) is 34.5 Å². The highest BCUT2D eigenvalue weighted by Crippen LogP contribution is 2.44. The molecule has 9 N–H and O–H groups in total. The van der Waals surface area contributed by atoms with E-state index in [1.807, 2.05) is 0 Å². The fourth-order valence-electron chi connectivity index (χ4n) is 3.70. The second-order valence-corrected chi connectivity index (χ2v) is 9.13. The third-order valence-corrected chi connectivity index (χ3v) is 5.90. The molecule has 1 aliphatic rings. The first-order valence-corrected chi connectivity index (χ1v) is 11.8. The van der Waals surface area contributed by atoms with Crippen molar-refractivity contribution in [2.45, 2.75) is 30.7 Å². The summed E-state index contributed by atoms with van der Waals surface area (Å²) in [6.45, 7) is 0. The highest BCUT2D eigenvalue weighted by Gasteiger charge is 2.48. The molecule has 1 aromatic heterocycles. The molecule has 3 aromatic rings. The Labute approximate surface area is 215 Å². The molecule has 1 saturated heterocycles. The van der Waals surface area contributed by atoms with E-state index in [1.54, 1.807) is 0 Å². The molecule has 5 atom stereocenters. The van der Waals surface area contributed by atoms with Crippen molar-refractivity contribution in [2.75, 3.05) is 0 Å². The fraction of sp³-hybridized carbons (Fsp3) is 0.238. The molecule has 0 unspecified atom stereocenters. The number of hydrogen-bond donors (Lipinski definition) is 9. The highest BCUT2D eigenvalue weighted by molar-refractivity contribution is 7.81. The number of benzene rings is 2. The minimum absolute atomic E-state index is 0.333. The number of carbonyl (C=O) groups is 1. The summed E-state index contributed by atoms with van der Waals surface area (Å²) in [6, 6.07) is 3.27. The van der Waals surface area contributed by atoms with E-state index in [9.17, 15) is 58.9 Å². The Bertz CT molecular complexity index is 1630. The number of aliphatic hydroxyl groups excluding tert-OH is 3. The second-order valence-electron chi connectivity index (χ2n) is 8.10. The van der Waals surface area contributed by atoms with Crippen LogP contribution in [0.15, 0.2) is 33.5 Å². The standard InChI is InChI=1S/C21H18O17S/c22-6-2-1-5(3-7(6)23)16-18(38-39(32,33)34)12(26)10-8(24)4-9(11(25)17(10)36-16)35-21-15(29)13(27)14(28)19(37-21)20(30)31/h1-4,13-15,19,21-25,27-29H,(H,30,31)(H,32,33,34)/t13-,14-,15+,19-,21+/m0/s1. The van der Waals surface area contributed by atoms with Gasteiger partial charge in [-0.15, -0.1) is 0 Å². The molecule has 2 aromatic carbocycles. The summed E-state index contributed by atoms with van der Waals surface area (Å²) in [5.74, 6) is -8.19. The zero-order chi connectivity index (χ0) is 29.0. The van der Waals surface area contributed by atoms with Crippen molar-refractivity contribution >= 4 is 27.3 Å². The van der Waals surface area contributed by atoms with Crippen LogP contribution in [0, 0.1) is 0 Å². The molecule has 0 spiro atoms. The Morgan fingerprint density at radius 1 is 0.923 bits per heavy atom. The number of aliphatic carboxylic acids is 1. The number of carboxylic acid groups (broad SMARTS) is 1. The van der Waals surface area contributed by atoms with E-state index in [1.165, 1.54) is 0 Å². The fourth-order valence-corrected chi connectivity index (χ4v) is 4.06. The van der Waals surface area contributed by atoms with Gasteiger partial charge >= 0.3 is 16.4 Å². The topological polar surface area (TPSA) is 291 Å². The lowest BCUT2D eigenvalue weighted by Gasteiger charge is -2.38. The van der Waals surface area contributed by atoms with Crippen LogP contribution in [-0.2, 0) is 19.9 Å². The minimum Gasteiger partial charge on any atom is -0.507 e. The van der Waals surface area contributed by atoms with Crippen molar-refractivity contribution in [3.8, 4) is 45.8 Å². The van der Waals surface area contributed by atoms with Crippen LogP contribution in [0.3, 0.4) is 0 Å². The molecular weight excluding hydrogens is 556 g/mol. The molecule has 0 aliphatic carbocycles. The van der Waals surface area contributed by atoms with Crippen molar-refractivity contribution in [1.29, 1.82) is 0 Å². The third kappa shape index (κ3) is 5.06. The molecule has 210 valence electrons. The van der Waals surface area contributed by atoms with E-state index in [0.717, 1.165) is 18.2 Å². The summed E-state index contributed by atoms with van der Waals surface area (Å²) < 4.78 is 51.8. The first kappa shape index (κ1) is 27.7. The van der Waals surface area contributed by atoms with E-state index in [0.29, 0.717) is 6.07 Å². The molecule has 0 radical (unpaired) electrons. The van der Waals surface area contributed by atoms with E-state index in [2.05, 4.69) is 4.18 Å². The van der Waals surface area contributed by atoms with Crippen molar-refractivity contribution in [2.24, 2.45) is 0 Å². The summed E-state index contributed by atoms with van der Waals surface area (Å²) in [4.78, 5) is 24.4. The molecule has 1 aliphatic heterocycles. The largest absolute Gasteiger partial charge is 0.507 e. The first-order chi connectivity index (χ1) is 18.1. The number of aromatic hydroxyl groups is 4. The number of carboxylic acids is 1. The van der Waals surface area contributed by atoms with E-state index in [-0.39, 0.29) is 5.56 Å². The van der Waals surface area contributed by atoms with Gasteiger partial charge in [-0.1, -0.05) is 0 Å². The molecule has 2 heterocycles. The summed E-state index contributed by atoms with van der Waals surface area (Å²) >= 11 is 0. The Morgan fingerprint density at radius 3 is 2.18 bits per heavy atom. The molecule has 39 heavy (non-hydrogen) atoms. The van der Waals surface area contributed by atoms with E-state index < -0.39 is 104 Å². The molecular formula is C21H18O17S. The summed E-state index contributed by atoms with van der Waals surface area (Å²) in [6.07, 6.45) is -10.4. The average molecular weight is 574 g/mol. The quantitative estimate of drug-likeness (QED) is 0.0942. The third-order valence-electron chi connectivity index (χ3n) is 5.53. The highest BCUT2D eigenvalue weighted by atomic mass is 32.3. The zero-order valence-corrected chi connectivity index (χ0v) is 19.7. The zero-order valence-electron chi connectivity index (χ0n) is 18.9. The summed E-state index contributed by atoms with van der Waals surface area (Å²) in [5, 5.41) is 78.8. The monoisotopic (exact) mass is 574 g/mol. The molecule has 0 saturated carbocycles. The normalized spacial score (nSPS) is 23.4. The van der Waals surface area contributed by atoms with Crippen molar-refractivity contribution < 1.29 is 76.7 Å². The van der Waals surface area contributed by atoms with Crippen LogP contribution in [0.5, 0.6) is 34.5 Å². The van der Waals surface area contributed by atoms with Gasteiger partial charge in [0, 0.05) is 11.6 Å². The Morgan fingerprint density at radius 2 is 1.59 bits per heavy atom. The lowest BCUT2D eigenvalue weighted by Crippen LogP contribution is -2.61. The van der Waals surface area contributed by atoms with Gasteiger partial charge < -0.3 is 58.9 Å². The average Bonchev–Trinajstić information content (AvgIpc) is 2.84. The number of fused-ring (bicyclic) bond motifs is 1. The van der Waals surface area contributed by atoms with Crippen LogP contribution >= 0.6 is 0 Å². The van der Waals surface area contributed by atoms with Crippen LogP contribution in [0.2, 0.25) is 0 Å². The van der Waals surface area contributed by atoms with Gasteiger partial charge in [-0.25, -0.2) is 4.79 Å². The Hall–Kier alpha value is -4.33. The number of aliphatic hydroxyl groups is 3. The number of phenolic OH excluding ortho intramolecular Hbond substituents is 4. The maximum absolute atomic E-state index is 13.1. The van der Waals surface area contributed by atoms with Crippen molar-refractivity contribution in [3.63, 3.8) is 0 Å². The van der Waals surface area contributed by atoms with E-state index >= 15 is 0 Å². The van der Waals surface area contributed by atoms with Crippen LogP contribution in [-0.4, -0.2) is 90.5 Å². The molecule has 17 nitrogen and oxygen atoms in total. The lowest BCUT2D eigenvalue weighted by molar-refractivity contribution is -0.271. The number of phenols is 4. The van der Waals surface area contributed by atoms with Crippen LogP contribution < -0.4 is 14.3 Å². The van der Waals surface area contributed by atoms with Gasteiger partial charge in [0.05, 0.1) is 0 Å². The minimum atomic E-state index is -5.37. The van der Waals surface area contributed by atoms with Gasteiger partial charge in [0.25, 0.3) is 0 Å². The summed E-state index contributed by atoms with van der Waals surface area (Å²) in [5.41, 5.74) is -2.70. The lowest BCUT2D eigenvalue weighted by atomic mass is 9.99. The van der Waals surface area contributed by atoms with Crippen molar-refractivity contribution in [1.82, 2.24) is 0 Å². The van der Waals surface area contributed by atoms with Gasteiger partial charge in [-0.3, -0.25) is 9.35 Å². The van der Waals surface area contributed by atoms with Gasteiger partial charge in [0.1, 0.15) is 29.4 Å². The van der Waals surface area contributed by atoms with Gasteiger partial charge in [-0.2, -0.15) is 8.42 Å². The van der Waals surface area contributed by atoms with Crippen LogP contribution in [0.4, 0.5) is 0 Å². The maximum Gasteiger partial charge on any atom is 0.446 e. The van der Waals surface area contributed by atoms with Gasteiger partial charge in [0.15, 0.2) is 34.7 Å². The maximum atomic E-state index is 13.1. The summed E-state index contributed by atoms with van der Waals surface area (Å²) in [7, 11) is -5.37. The van der Waals surface area contributed by atoms with Gasteiger partial charge in [-0.05, 0) is 18.2 Å². The second kappa shape index (κ2) is 9.76. The van der Waals surface area contributed by atoms with E-state index in [4.69, 9.17) is 18.4 Å². The Balaban J connectivity index is 1.91.